The summed E-state index contributed by atoms with van der Waals surface area (Å²) < 4.78 is 58.7. The Bertz CT molecular complexity index is 644. The van der Waals surface area contributed by atoms with E-state index in [1.165, 1.54) is 6.92 Å². The molecule has 0 saturated carbocycles. The second kappa shape index (κ2) is 5.79. The van der Waals surface area contributed by atoms with Crippen molar-refractivity contribution >= 4 is 37.2 Å². The number of benzene rings is 1. The molecule has 10 heteroatoms. The maximum atomic E-state index is 12.0. The van der Waals surface area contributed by atoms with Gasteiger partial charge in [-0.25, -0.2) is 8.42 Å². The summed E-state index contributed by atoms with van der Waals surface area (Å²) in [5.41, 5.74) is -0.370. The largest absolute Gasteiger partial charge is 0.405 e. The van der Waals surface area contributed by atoms with Crippen LogP contribution in [0.15, 0.2) is 17.0 Å². The third-order valence-corrected chi connectivity index (χ3v) is 3.95. The first-order chi connectivity index (χ1) is 8.92. The smallest absolute Gasteiger partial charge is 0.343 e. The predicted molar refractivity (Wildman–Crippen MR) is 67.6 cm³/mol. The highest BCUT2D eigenvalue weighted by molar-refractivity contribution is 8.13. The van der Waals surface area contributed by atoms with Gasteiger partial charge in [0.1, 0.15) is 6.54 Å². The maximum absolute atomic E-state index is 12.0. The van der Waals surface area contributed by atoms with Gasteiger partial charge in [0.15, 0.2) is 0 Å². The molecular formula is C10H8Cl2F3NO3S. The summed E-state index contributed by atoms with van der Waals surface area (Å²) in [5, 5.41) is 1.49. The van der Waals surface area contributed by atoms with E-state index in [1.54, 1.807) is 5.32 Å². The molecular weight excluding hydrogens is 342 g/mol. The van der Waals surface area contributed by atoms with Gasteiger partial charge in [-0.2, -0.15) is 13.2 Å². The molecule has 0 heterocycles. The molecule has 1 rings (SSSR count). The van der Waals surface area contributed by atoms with E-state index in [-0.39, 0.29) is 16.1 Å². The van der Waals surface area contributed by atoms with Crippen molar-refractivity contribution in [2.45, 2.75) is 18.0 Å². The highest BCUT2D eigenvalue weighted by Gasteiger charge is 2.29. The normalized spacial score (nSPS) is 12.3. The van der Waals surface area contributed by atoms with Crippen molar-refractivity contribution in [3.05, 3.63) is 28.3 Å². The highest BCUT2D eigenvalue weighted by Crippen LogP contribution is 2.27. The van der Waals surface area contributed by atoms with Crippen molar-refractivity contribution in [3.8, 4) is 0 Å². The quantitative estimate of drug-likeness (QED) is 0.853. The first kappa shape index (κ1) is 17.1. The zero-order valence-corrected chi connectivity index (χ0v) is 12.2. The molecule has 1 amide bonds. The number of nitrogens with one attached hydrogen (secondary N) is 1. The summed E-state index contributed by atoms with van der Waals surface area (Å²) >= 11 is 5.64. The van der Waals surface area contributed by atoms with Crippen LogP contribution in [0.25, 0.3) is 0 Å². The Balaban J connectivity index is 3.20. The minimum Gasteiger partial charge on any atom is -0.343 e. The first-order valence-corrected chi connectivity index (χ1v) is 7.70. The molecule has 0 fully saturated rings. The SMILES string of the molecule is Cc1c(C(=O)NCC(F)(F)F)cc(Cl)cc1S(=O)(=O)Cl. The molecule has 112 valence electrons. The second-order valence-corrected chi connectivity index (χ2v) is 6.78. The monoisotopic (exact) mass is 349 g/mol. The number of amides is 1. The predicted octanol–water partition coefficient (Wildman–Crippen LogP) is 2.87. The van der Waals surface area contributed by atoms with E-state index in [1.807, 2.05) is 0 Å². The average Bonchev–Trinajstić information content (AvgIpc) is 2.26. The molecule has 1 aromatic carbocycles. The van der Waals surface area contributed by atoms with Crippen molar-refractivity contribution in [3.63, 3.8) is 0 Å². The summed E-state index contributed by atoms with van der Waals surface area (Å²) in [6, 6.07) is 2.08. The van der Waals surface area contributed by atoms with Gasteiger partial charge in [0, 0.05) is 21.3 Å². The van der Waals surface area contributed by atoms with Gasteiger partial charge in [-0.1, -0.05) is 11.6 Å². The van der Waals surface area contributed by atoms with E-state index >= 15 is 0 Å². The van der Waals surface area contributed by atoms with E-state index in [0.29, 0.717) is 0 Å². The number of hydrogen-bond acceptors (Lipinski definition) is 3. The van der Waals surface area contributed by atoms with E-state index in [4.69, 9.17) is 22.3 Å². The van der Waals surface area contributed by atoms with Crippen molar-refractivity contribution in [2.75, 3.05) is 6.54 Å². The third-order valence-electron chi connectivity index (χ3n) is 2.28. The number of hydrogen-bond donors (Lipinski definition) is 1. The van der Waals surface area contributed by atoms with E-state index < -0.39 is 32.6 Å². The van der Waals surface area contributed by atoms with E-state index in [0.717, 1.165) is 12.1 Å². The summed E-state index contributed by atoms with van der Waals surface area (Å²) in [5.74, 6) is -1.09. The molecule has 0 saturated heterocycles. The molecule has 1 N–H and O–H groups in total. The molecule has 1 aromatic rings. The number of rotatable bonds is 3. The lowest BCUT2D eigenvalue weighted by molar-refractivity contribution is -0.123. The number of alkyl halides is 3. The van der Waals surface area contributed by atoms with Gasteiger partial charge >= 0.3 is 6.18 Å². The Morgan fingerprint density at radius 1 is 1.35 bits per heavy atom. The van der Waals surface area contributed by atoms with Gasteiger partial charge < -0.3 is 5.32 Å². The Morgan fingerprint density at radius 3 is 2.35 bits per heavy atom. The fourth-order valence-electron chi connectivity index (χ4n) is 1.42. The Morgan fingerprint density at radius 2 is 1.90 bits per heavy atom. The van der Waals surface area contributed by atoms with Crippen LogP contribution in [0.5, 0.6) is 0 Å². The van der Waals surface area contributed by atoms with E-state index in [9.17, 15) is 26.4 Å². The molecule has 20 heavy (non-hydrogen) atoms. The number of carbonyl (C=O) groups is 1. The average molecular weight is 350 g/mol. The van der Waals surface area contributed by atoms with Gasteiger partial charge in [-0.05, 0) is 24.6 Å². The van der Waals surface area contributed by atoms with Gasteiger partial charge in [-0.15, -0.1) is 0 Å². The zero-order valence-electron chi connectivity index (χ0n) is 9.88. The zero-order chi connectivity index (χ0) is 15.7. The second-order valence-electron chi connectivity index (χ2n) is 3.81. The van der Waals surface area contributed by atoms with Crippen LogP contribution in [-0.2, 0) is 9.05 Å². The lowest BCUT2D eigenvalue weighted by atomic mass is 10.1. The molecule has 0 spiro atoms. The lowest BCUT2D eigenvalue weighted by Crippen LogP contribution is -2.34. The van der Waals surface area contributed by atoms with Crippen LogP contribution in [0.1, 0.15) is 15.9 Å². The molecule has 0 aliphatic heterocycles. The molecule has 0 aliphatic rings. The summed E-state index contributed by atoms with van der Waals surface area (Å²) in [6.07, 6.45) is -4.58. The molecule has 4 nitrogen and oxygen atoms in total. The van der Waals surface area contributed by atoms with Crippen LogP contribution in [-0.4, -0.2) is 27.0 Å². The summed E-state index contributed by atoms with van der Waals surface area (Å²) in [6.45, 7) is -0.297. The summed E-state index contributed by atoms with van der Waals surface area (Å²) in [7, 11) is 0.994. The molecule has 0 radical (unpaired) electrons. The Labute approximate surface area is 122 Å². The third kappa shape index (κ3) is 4.53. The minimum absolute atomic E-state index is 0.0796. The number of carbonyl (C=O) groups excluding carboxylic acids is 1. The molecule has 0 aromatic heterocycles. The molecule has 0 aliphatic carbocycles. The van der Waals surface area contributed by atoms with Crippen LogP contribution < -0.4 is 5.32 Å². The fraction of sp³-hybridized carbons (Fsp3) is 0.300. The van der Waals surface area contributed by atoms with Gasteiger partial charge in [0.25, 0.3) is 15.0 Å². The van der Waals surface area contributed by atoms with Crippen LogP contribution >= 0.6 is 22.3 Å². The van der Waals surface area contributed by atoms with Gasteiger partial charge in [0.2, 0.25) is 0 Å². The molecule has 0 unspecified atom stereocenters. The Hall–Kier alpha value is -0.990. The van der Waals surface area contributed by atoms with Gasteiger partial charge in [-0.3, -0.25) is 4.79 Å². The van der Waals surface area contributed by atoms with Gasteiger partial charge in [0.05, 0.1) is 4.90 Å². The van der Waals surface area contributed by atoms with Crippen LogP contribution in [0, 0.1) is 6.92 Å². The molecule has 0 atom stereocenters. The minimum atomic E-state index is -4.58. The van der Waals surface area contributed by atoms with Crippen molar-refractivity contribution in [1.82, 2.24) is 5.32 Å². The molecule has 0 bridgehead atoms. The lowest BCUT2D eigenvalue weighted by Gasteiger charge is -2.12. The van der Waals surface area contributed by atoms with Crippen molar-refractivity contribution in [1.29, 1.82) is 0 Å². The topological polar surface area (TPSA) is 63.2 Å². The maximum Gasteiger partial charge on any atom is 0.405 e. The highest BCUT2D eigenvalue weighted by atomic mass is 35.7. The Kier molecular flexibility index (Phi) is 4.94. The van der Waals surface area contributed by atoms with Crippen molar-refractivity contribution < 1.29 is 26.4 Å². The fourth-order valence-corrected chi connectivity index (χ4v) is 2.93. The number of halogens is 5. The van der Waals surface area contributed by atoms with Crippen LogP contribution in [0.4, 0.5) is 13.2 Å². The standard InChI is InChI=1S/C10H8Cl2F3NO3S/c1-5-7(9(17)16-4-10(13,14)15)2-6(11)3-8(5)20(12,18)19/h2-3H,4H2,1H3,(H,16,17). The van der Waals surface area contributed by atoms with Crippen LogP contribution in [0.3, 0.4) is 0 Å². The van der Waals surface area contributed by atoms with Crippen LogP contribution in [0.2, 0.25) is 5.02 Å². The summed E-state index contributed by atoms with van der Waals surface area (Å²) in [4.78, 5) is 11.2. The van der Waals surface area contributed by atoms with Crippen molar-refractivity contribution in [2.24, 2.45) is 0 Å². The first-order valence-electron chi connectivity index (χ1n) is 5.01. The van der Waals surface area contributed by atoms with E-state index in [2.05, 4.69) is 0 Å².